The molecule has 12 nitrogen and oxygen atoms in total. The molecule has 0 heterocycles. The number of carbonyl (C=O) groups is 1. The Balaban J connectivity index is 3.05. The van der Waals surface area contributed by atoms with Gasteiger partial charge in [0.05, 0.1) is 119 Å². The van der Waals surface area contributed by atoms with Crippen molar-refractivity contribution in [1.82, 2.24) is 5.32 Å². The molecule has 2 N–H and O–H groups in total. The zero-order chi connectivity index (χ0) is 36.8. The standard InChI is InChI=1S/C39H79NO11/c1-2-3-4-5-6-7-8-9-10-11-12-13-14-15-16-17-21-43-23-25-45-27-29-47-31-33-49-35-37-51-38-36-50-34-32-48-30-28-46-26-24-44-22-20-40-19-18-39(41)42/h40H,2-38H2,1H3,(H,41,42). The average molecular weight is 738 g/mol. The fraction of sp³-hybridized carbons (Fsp3) is 0.974. The largest absolute Gasteiger partial charge is 0.481 e. The van der Waals surface area contributed by atoms with Gasteiger partial charge in [-0.25, -0.2) is 0 Å². The van der Waals surface area contributed by atoms with Crippen molar-refractivity contribution in [2.24, 2.45) is 0 Å². The summed E-state index contributed by atoms with van der Waals surface area (Å²) >= 11 is 0. The highest BCUT2D eigenvalue weighted by Crippen LogP contribution is 2.13. The zero-order valence-corrected chi connectivity index (χ0v) is 32.7. The molecule has 0 aliphatic carbocycles. The molecule has 0 aromatic carbocycles. The predicted molar refractivity (Wildman–Crippen MR) is 202 cm³/mol. The molecule has 0 aromatic heterocycles. The van der Waals surface area contributed by atoms with Crippen LogP contribution in [0.5, 0.6) is 0 Å². The molecular formula is C39H79NO11. The summed E-state index contributed by atoms with van der Waals surface area (Å²) in [6.07, 6.45) is 22.3. The summed E-state index contributed by atoms with van der Waals surface area (Å²) in [6.45, 7) is 13.2. The highest BCUT2D eigenvalue weighted by molar-refractivity contribution is 5.66. The van der Waals surface area contributed by atoms with Gasteiger partial charge in [0, 0.05) is 19.7 Å². The lowest BCUT2D eigenvalue weighted by atomic mass is 10.0. The number of unbranched alkanes of at least 4 members (excludes halogenated alkanes) is 15. The van der Waals surface area contributed by atoms with E-state index in [1.807, 2.05) is 0 Å². The topological polar surface area (TPSA) is 132 Å². The lowest BCUT2D eigenvalue weighted by Gasteiger charge is -2.09. The minimum absolute atomic E-state index is 0.114. The van der Waals surface area contributed by atoms with Crippen LogP contribution in [0.1, 0.15) is 116 Å². The van der Waals surface area contributed by atoms with E-state index in [9.17, 15) is 4.79 Å². The third kappa shape index (κ3) is 49.1. The minimum atomic E-state index is -0.807. The maximum Gasteiger partial charge on any atom is 0.304 e. The molecule has 306 valence electrons. The number of nitrogens with one attached hydrogen (secondary N) is 1. The Bertz CT molecular complexity index is 648. The third-order valence-electron chi connectivity index (χ3n) is 8.06. The number of rotatable bonds is 47. The van der Waals surface area contributed by atoms with E-state index in [0.717, 1.165) is 13.0 Å². The summed E-state index contributed by atoms with van der Waals surface area (Å²) in [5, 5.41) is 11.5. The van der Waals surface area contributed by atoms with Crippen molar-refractivity contribution in [3.8, 4) is 0 Å². The van der Waals surface area contributed by atoms with Crippen molar-refractivity contribution in [1.29, 1.82) is 0 Å². The molecule has 0 rings (SSSR count). The SMILES string of the molecule is CCCCCCCCCCCCCCCCCCOCCOCCOCCOCCOCCOCCOCCOCCOCCNCCC(=O)O. The maximum atomic E-state index is 10.4. The highest BCUT2D eigenvalue weighted by Gasteiger charge is 1.98. The Morgan fingerprint density at radius 2 is 0.608 bits per heavy atom. The van der Waals surface area contributed by atoms with E-state index in [-0.39, 0.29) is 6.42 Å². The van der Waals surface area contributed by atoms with Gasteiger partial charge in [0.15, 0.2) is 0 Å². The molecule has 0 saturated carbocycles. The van der Waals surface area contributed by atoms with Gasteiger partial charge in [-0.15, -0.1) is 0 Å². The van der Waals surface area contributed by atoms with Gasteiger partial charge in [0.1, 0.15) is 0 Å². The van der Waals surface area contributed by atoms with Crippen LogP contribution in [-0.2, 0) is 47.4 Å². The second kappa shape index (κ2) is 47.1. The van der Waals surface area contributed by atoms with Gasteiger partial charge >= 0.3 is 5.97 Å². The van der Waals surface area contributed by atoms with Crippen molar-refractivity contribution in [2.45, 2.75) is 116 Å². The molecule has 0 aliphatic heterocycles. The Labute approximate surface area is 311 Å². The van der Waals surface area contributed by atoms with Crippen molar-refractivity contribution in [3.63, 3.8) is 0 Å². The summed E-state index contributed by atoms with van der Waals surface area (Å²) in [5.74, 6) is -0.807. The molecule has 0 saturated heterocycles. The summed E-state index contributed by atoms with van der Waals surface area (Å²) in [7, 11) is 0. The molecule has 12 heteroatoms. The summed E-state index contributed by atoms with van der Waals surface area (Å²) in [6, 6.07) is 0. The van der Waals surface area contributed by atoms with Crippen molar-refractivity contribution in [2.75, 3.05) is 132 Å². The zero-order valence-electron chi connectivity index (χ0n) is 32.7. The number of ether oxygens (including phenoxy) is 9. The summed E-state index contributed by atoms with van der Waals surface area (Å²) < 4.78 is 49.6. The Kier molecular flexibility index (Phi) is 46.2. The fourth-order valence-corrected chi connectivity index (χ4v) is 5.08. The lowest BCUT2D eigenvalue weighted by Crippen LogP contribution is -2.23. The molecule has 0 unspecified atom stereocenters. The van der Waals surface area contributed by atoms with Gasteiger partial charge in [-0.05, 0) is 6.42 Å². The quantitative estimate of drug-likeness (QED) is 0.0665. The van der Waals surface area contributed by atoms with Crippen LogP contribution in [0.3, 0.4) is 0 Å². The van der Waals surface area contributed by atoms with E-state index in [1.165, 1.54) is 96.3 Å². The molecule has 0 bridgehead atoms. The average Bonchev–Trinajstić information content (AvgIpc) is 3.13. The van der Waals surface area contributed by atoms with Crippen molar-refractivity contribution < 1.29 is 52.5 Å². The first kappa shape index (κ1) is 50.1. The number of hydrogen-bond acceptors (Lipinski definition) is 11. The molecule has 0 aromatic rings. The van der Waals surface area contributed by atoms with Crippen LogP contribution in [0.15, 0.2) is 0 Å². The fourth-order valence-electron chi connectivity index (χ4n) is 5.08. The van der Waals surface area contributed by atoms with Crippen LogP contribution >= 0.6 is 0 Å². The van der Waals surface area contributed by atoms with Crippen LogP contribution in [-0.4, -0.2) is 143 Å². The maximum absolute atomic E-state index is 10.4. The molecule has 0 radical (unpaired) electrons. The normalized spacial score (nSPS) is 11.5. The highest BCUT2D eigenvalue weighted by atomic mass is 16.6. The summed E-state index contributed by atoms with van der Waals surface area (Å²) in [5.41, 5.74) is 0. The van der Waals surface area contributed by atoms with Gasteiger partial charge in [0.25, 0.3) is 0 Å². The number of aliphatic carboxylic acids is 1. The number of carboxylic acid groups (broad SMARTS) is 1. The van der Waals surface area contributed by atoms with E-state index in [0.29, 0.717) is 125 Å². The van der Waals surface area contributed by atoms with E-state index >= 15 is 0 Å². The summed E-state index contributed by atoms with van der Waals surface area (Å²) in [4.78, 5) is 10.4. The number of hydrogen-bond donors (Lipinski definition) is 2. The van der Waals surface area contributed by atoms with E-state index < -0.39 is 5.97 Å². The molecule has 0 amide bonds. The van der Waals surface area contributed by atoms with Crippen LogP contribution in [0.2, 0.25) is 0 Å². The molecule has 0 fully saturated rings. The molecule has 51 heavy (non-hydrogen) atoms. The van der Waals surface area contributed by atoms with Gasteiger partial charge in [-0.2, -0.15) is 0 Å². The van der Waals surface area contributed by atoms with E-state index in [4.69, 9.17) is 47.7 Å². The molecule has 0 spiro atoms. The molecule has 0 aliphatic rings. The molecular weight excluding hydrogens is 658 g/mol. The Hall–Kier alpha value is -0.930. The van der Waals surface area contributed by atoms with Crippen LogP contribution in [0, 0.1) is 0 Å². The van der Waals surface area contributed by atoms with Crippen LogP contribution in [0.25, 0.3) is 0 Å². The first-order valence-electron chi connectivity index (χ1n) is 20.4. The van der Waals surface area contributed by atoms with E-state index in [2.05, 4.69) is 12.2 Å². The Morgan fingerprint density at radius 3 is 0.902 bits per heavy atom. The Morgan fingerprint density at radius 1 is 0.353 bits per heavy atom. The second-order valence-electron chi connectivity index (χ2n) is 12.7. The third-order valence-corrected chi connectivity index (χ3v) is 8.06. The van der Waals surface area contributed by atoms with Crippen LogP contribution < -0.4 is 5.32 Å². The second-order valence-corrected chi connectivity index (χ2v) is 12.7. The van der Waals surface area contributed by atoms with Crippen molar-refractivity contribution >= 4 is 5.97 Å². The first-order valence-corrected chi connectivity index (χ1v) is 20.4. The van der Waals surface area contributed by atoms with Gasteiger partial charge in [0.2, 0.25) is 0 Å². The predicted octanol–water partition coefficient (Wildman–Crippen LogP) is 6.46. The van der Waals surface area contributed by atoms with Gasteiger partial charge < -0.3 is 53.1 Å². The monoisotopic (exact) mass is 738 g/mol. The number of carboxylic acids is 1. The van der Waals surface area contributed by atoms with Gasteiger partial charge in [-0.1, -0.05) is 103 Å². The molecule has 0 atom stereocenters. The van der Waals surface area contributed by atoms with Crippen LogP contribution in [0.4, 0.5) is 0 Å². The van der Waals surface area contributed by atoms with Gasteiger partial charge in [-0.3, -0.25) is 4.79 Å². The first-order chi connectivity index (χ1) is 25.3. The van der Waals surface area contributed by atoms with Crippen molar-refractivity contribution in [3.05, 3.63) is 0 Å². The van der Waals surface area contributed by atoms with E-state index in [1.54, 1.807) is 0 Å². The smallest absolute Gasteiger partial charge is 0.304 e. The lowest BCUT2D eigenvalue weighted by molar-refractivity contribution is -0.136. The minimum Gasteiger partial charge on any atom is -0.481 e.